The SMILES string of the molecule is CC(C)(C)OC(=O)NC(CCC(=O)OCc1ccc([N+](=O)[O-])cc1)C(=O)O. The number of aliphatic carboxylic acids is 1. The molecule has 1 atom stereocenters. The van der Waals surface area contributed by atoms with Crippen molar-refractivity contribution in [2.24, 2.45) is 0 Å². The molecule has 0 aromatic heterocycles. The van der Waals surface area contributed by atoms with Gasteiger partial charge in [-0.1, -0.05) is 0 Å². The molecule has 1 amide bonds. The maximum Gasteiger partial charge on any atom is 0.408 e. The van der Waals surface area contributed by atoms with Crippen molar-refractivity contribution >= 4 is 23.7 Å². The van der Waals surface area contributed by atoms with Gasteiger partial charge in [0, 0.05) is 18.6 Å². The van der Waals surface area contributed by atoms with Gasteiger partial charge in [0.25, 0.3) is 5.69 Å². The van der Waals surface area contributed by atoms with E-state index in [1.807, 2.05) is 0 Å². The van der Waals surface area contributed by atoms with E-state index in [1.165, 1.54) is 24.3 Å². The first kappa shape index (κ1) is 21.9. The van der Waals surface area contributed by atoms with Gasteiger partial charge in [0.05, 0.1) is 4.92 Å². The van der Waals surface area contributed by atoms with Gasteiger partial charge in [-0.3, -0.25) is 14.9 Å². The lowest BCUT2D eigenvalue weighted by atomic mass is 10.1. The standard InChI is InChI=1S/C17H22N2O8/c1-17(2,3)27-16(23)18-13(15(21)22)8-9-14(20)26-10-11-4-6-12(7-5-11)19(24)25/h4-7,13H,8-10H2,1-3H3,(H,18,23)(H,21,22). The minimum absolute atomic E-state index is 0.0809. The number of amides is 1. The molecule has 0 bridgehead atoms. The van der Waals surface area contributed by atoms with Gasteiger partial charge in [-0.2, -0.15) is 0 Å². The predicted octanol–water partition coefficient (Wildman–Crippen LogP) is 2.40. The lowest BCUT2D eigenvalue weighted by molar-refractivity contribution is -0.384. The number of carboxylic acids is 1. The molecule has 27 heavy (non-hydrogen) atoms. The van der Waals surface area contributed by atoms with Gasteiger partial charge in [-0.15, -0.1) is 0 Å². The van der Waals surface area contributed by atoms with Crippen LogP contribution in [0.3, 0.4) is 0 Å². The second kappa shape index (κ2) is 9.51. The molecular weight excluding hydrogens is 360 g/mol. The van der Waals surface area contributed by atoms with Crippen LogP contribution in [0.25, 0.3) is 0 Å². The molecule has 10 heteroatoms. The number of rotatable bonds is 8. The number of nitrogens with zero attached hydrogens (tertiary/aromatic N) is 1. The van der Waals surface area contributed by atoms with Crippen molar-refractivity contribution in [3.63, 3.8) is 0 Å². The zero-order chi connectivity index (χ0) is 20.6. The molecule has 148 valence electrons. The molecule has 0 radical (unpaired) electrons. The van der Waals surface area contributed by atoms with E-state index in [9.17, 15) is 24.5 Å². The molecule has 1 rings (SSSR count). The lowest BCUT2D eigenvalue weighted by Gasteiger charge is -2.21. The molecule has 0 aliphatic heterocycles. The Morgan fingerprint density at radius 2 is 1.81 bits per heavy atom. The fraction of sp³-hybridized carbons (Fsp3) is 0.471. The van der Waals surface area contributed by atoms with Gasteiger partial charge < -0.3 is 19.9 Å². The normalized spacial score (nSPS) is 12.0. The summed E-state index contributed by atoms with van der Waals surface area (Å²) in [5.41, 5.74) is -0.310. The van der Waals surface area contributed by atoms with E-state index in [-0.39, 0.29) is 25.1 Å². The number of non-ortho nitro benzene ring substituents is 1. The van der Waals surface area contributed by atoms with Crippen LogP contribution in [0.5, 0.6) is 0 Å². The van der Waals surface area contributed by atoms with Crippen LogP contribution in [-0.4, -0.2) is 39.7 Å². The number of benzene rings is 1. The Morgan fingerprint density at radius 1 is 1.22 bits per heavy atom. The molecule has 0 saturated carbocycles. The predicted molar refractivity (Wildman–Crippen MR) is 92.9 cm³/mol. The molecule has 1 aromatic carbocycles. The van der Waals surface area contributed by atoms with E-state index in [2.05, 4.69) is 5.32 Å². The summed E-state index contributed by atoms with van der Waals surface area (Å²) in [5.74, 6) is -1.96. The second-order valence-corrected chi connectivity index (χ2v) is 6.66. The van der Waals surface area contributed by atoms with Crippen molar-refractivity contribution in [2.75, 3.05) is 0 Å². The van der Waals surface area contributed by atoms with Crippen molar-refractivity contribution in [1.82, 2.24) is 5.32 Å². The van der Waals surface area contributed by atoms with Crippen LogP contribution in [-0.2, 0) is 25.7 Å². The molecule has 0 heterocycles. The lowest BCUT2D eigenvalue weighted by Crippen LogP contribution is -2.43. The number of hydrogen-bond donors (Lipinski definition) is 2. The molecule has 0 aliphatic carbocycles. The van der Waals surface area contributed by atoms with Crippen molar-refractivity contribution in [1.29, 1.82) is 0 Å². The van der Waals surface area contributed by atoms with Gasteiger partial charge >= 0.3 is 18.0 Å². The first-order chi connectivity index (χ1) is 12.5. The Morgan fingerprint density at radius 3 is 2.30 bits per heavy atom. The highest BCUT2D eigenvalue weighted by molar-refractivity contribution is 5.80. The van der Waals surface area contributed by atoms with Crippen LogP contribution in [0.1, 0.15) is 39.2 Å². The number of nitro groups is 1. The van der Waals surface area contributed by atoms with Crippen molar-refractivity contribution in [2.45, 2.75) is 51.9 Å². The molecule has 0 aliphatic rings. The number of alkyl carbamates (subject to hydrolysis) is 1. The van der Waals surface area contributed by atoms with Crippen LogP contribution >= 0.6 is 0 Å². The van der Waals surface area contributed by atoms with Crippen LogP contribution < -0.4 is 5.32 Å². The third-order valence-corrected chi connectivity index (χ3v) is 3.17. The van der Waals surface area contributed by atoms with Crippen molar-refractivity contribution < 1.29 is 33.9 Å². The Hall–Kier alpha value is -3.17. The zero-order valence-corrected chi connectivity index (χ0v) is 15.3. The van der Waals surface area contributed by atoms with Crippen LogP contribution in [0.15, 0.2) is 24.3 Å². The fourth-order valence-corrected chi connectivity index (χ4v) is 1.92. The Kier molecular flexibility index (Phi) is 7.70. The highest BCUT2D eigenvalue weighted by Crippen LogP contribution is 2.13. The molecule has 10 nitrogen and oxygen atoms in total. The topological polar surface area (TPSA) is 145 Å². The average Bonchev–Trinajstić information content (AvgIpc) is 2.55. The molecule has 2 N–H and O–H groups in total. The largest absolute Gasteiger partial charge is 0.480 e. The summed E-state index contributed by atoms with van der Waals surface area (Å²) in [7, 11) is 0. The third kappa shape index (κ3) is 8.66. The molecule has 0 fully saturated rings. The van der Waals surface area contributed by atoms with Crippen molar-refractivity contribution in [3.05, 3.63) is 39.9 Å². The Bertz CT molecular complexity index is 694. The van der Waals surface area contributed by atoms with Gasteiger partial charge in [0.1, 0.15) is 18.2 Å². The fourth-order valence-electron chi connectivity index (χ4n) is 1.92. The van der Waals surface area contributed by atoms with Gasteiger partial charge in [0.2, 0.25) is 0 Å². The summed E-state index contributed by atoms with van der Waals surface area (Å²) in [6, 6.07) is 4.18. The van der Waals surface area contributed by atoms with Crippen LogP contribution in [0, 0.1) is 10.1 Å². The van der Waals surface area contributed by atoms with E-state index in [0.29, 0.717) is 5.56 Å². The van der Waals surface area contributed by atoms with E-state index < -0.39 is 34.6 Å². The summed E-state index contributed by atoms with van der Waals surface area (Å²) >= 11 is 0. The summed E-state index contributed by atoms with van der Waals surface area (Å²) < 4.78 is 9.98. The second-order valence-electron chi connectivity index (χ2n) is 6.66. The summed E-state index contributed by atoms with van der Waals surface area (Å²) in [5, 5.41) is 21.9. The van der Waals surface area contributed by atoms with Crippen molar-refractivity contribution in [3.8, 4) is 0 Å². The number of nitrogens with one attached hydrogen (secondary N) is 1. The summed E-state index contributed by atoms with van der Waals surface area (Å²) in [6.45, 7) is 4.81. The maximum atomic E-state index is 11.8. The zero-order valence-electron chi connectivity index (χ0n) is 15.3. The van der Waals surface area contributed by atoms with E-state index in [4.69, 9.17) is 14.6 Å². The number of carbonyl (C=O) groups excluding carboxylic acids is 2. The average molecular weight is 382 g/mol. The maximum absolute atomic E-state index is 11.8. The number of esters is 1. The number of ether oxygens (including phenoxy) is 2. The smallest absolute Gasteiger partial charge is 0.408 e. The number of hydrogen-bond acceptors (Lipinski definition) is 7. The monoisotopic (exact) mass is 382 g/mol. The highest BCUT2D eigenvalue weighted by atomic mass is 16.6. The van der Waals surface area contributed by atoms with E-state index in [0.717, 1.165) is 0 Å². The van der Waals surface area contributed by atoms with E-state index >= 15 is 0 Å². The Balaban J connectivity index is 2.46. The molecular formula is C17H22N2O8. The number of nitro benzene ring substituents is 1. The number of carboxylic acid groups (broad SMARTS) is 1. The molecule has 1 unspecified atom stereocenters. The minimum atomic E-state index is -1.30. The minimum Gasteiger partial charge on any atom is -0.480 e. The van der Waals surface area contributed by atoms with Gasteiger partial charge in [-0.05, 0) is 44.9 Å². The molecule has 1 aromatic rings. The summed E-state index contributed by atoms with van der Waals surface area (Å²) in [4.78, 5) is 44.6. The van der Waals surface area contributed by atoms with E-state index in [1.54, 1.807) is 20.8 Å². The first-order valence-electron chi connectivity index (χ1n) is 8.09. The molecule has 0 spiro atoms. The quantitative estimate of drug-likeness (QED) is 0.396. The van der Waals surface area contributed by atoms with Gasteiger partial charge in [-0.25, -0.2) is 9.59 Å². The van der Waals surface area contributed by atoms with Crippen LogP contribution in [0.4, 0.5) is 10.5 Å². The number of carbonyl (C=O) groups is 3. The highest BCUT2D eigenvalue weighted by Gasteiger charge is 2.24. The Labute approximate surface area is 155 Å². The molecule has 0 saturated heterocycles. The van der Waals surface area contributed by atoms with Crippen LogP contribution in [0.2, 0.25) is 0 Å². The van der Waals surface area contributed by atoms with Gasteiger partial charge in [0.15, 0.2) is 0 Å². The summed E-state index contributed by atoms with van der Waals surface area (Å²) in [6.07, 6.45) is -1.30. The first-order valence-corrected chi connectivity index (χ1v) is 8.09. The third-order valence-electron chi connectivity index (χ3n) is 3.17.